The van der Waals surface area contributed by atoms with E-state index in [1.54, 1.807) is 48.8 Å². The first-order valence-corrected chi connectivity index (χ1v) is 16.8. The maximum Gasteiger partial charge on any atom is 0.323 e. The second-order valence-electron chi connectivity index (χ2n) is 12.6. The van der Waals surface area contributed by atoms with Crippen LogP contribution in [-0.4, -0.2) is 42.1 Å². The molecule has 55 heavy (non-hydrogen) atoms. The second kappa shape index (κ2) is 15.3. The van der Waals surface area contributed by atoms with E-state index in [-0.39, 0.29) is 11.5 Å². The molecule has 0 saturated heterocycles. The topological polar surface area (TPSA) is 125 Å². The Morgan fingerprint density at radius 1 is 0.818 bits per heavy atom. The van der Waals surface area contributed by atoms with Gasteiger partial charge >= 0.3 is 5.92 Å². The van der Waals surface area contributed by atoms with Crippen molar-refractivity contribution in [2.24, 2.45) is 0 Å². The summed E-state index contributed by atoms with van der Waals surface area (Å²) in [5.74, 6) is -6.87. The predicted molar refractivity (Wildman–Crippen MR) is 197 cm³/mol. The molecule has 3 aromatic carbocycles. The quantitative estimate of drug-likeness (QED) is 0.0746. The molecule has 14 heteroatoms. The van der Waals surface area contributed by atoms with Crippen LogP contribution in [0.4, 0.5) is 27.6 Å². The van der Waals surface area contributed by atoms with Crippen LogP contribution in [0.15, 0.2) is 152 Å². The van der Waals surface area contributed by atoms with E-state index in [9.17, 15) is 18.3 Å². The van der Waals surface area contributed by atoms with Gasteiger partial charge in [-0.3, -0.25) is 15.4 Å². The van der Waals surface area contributed by atoms with Crippen molar-refractivity contribution >= 4 is 17.0 Å². The Bertz CT molecular complexity index is 2400. The van der Waals surface area contributed by atoms with Crippen molar-refractivity contribution in [3.63, 3.8) is 0 Å². The lowest BCUT2D eigenvalue weighted by Crippen LogP contribution is -2.48. The number of alkyl halides is 2. The lowest BCUT2D eigenvalue weighted by atomic mass is 9.84. The molecule has 0 fully saturated rings. The van der Waals surface area contributed by atoms with Gasteiger partial charge in [-0.2, -0.15) is 13.9 Å². The van der Waals surface area contributed by atoms with Crippen molar-refractivity contribution in [1.82, 2.24) is 30.0 Å². The lowest BCUT2D eigenvalue weighted by molar-refractivity contribution is -0.207. The minimum Gasteiger partial charge on any atom is -0.381 e. The van der Waals surface area contributed by atoms with Crippen LogP contribution in [0.5, 0.6) is 0 Å². The summed E-state index contributed by atoms with van der Waals surface area (Å²) in [5, 5.41) is 30.8. The molecular weight excluding hydrogens is 715 g/mol. The lowest BCUT2D eigenvalue weighted by Gasteiger charge is -2.36. The summed E-state index contributed by atoms with van der Waals surface area (Å²) >= 11 is 0. The number of pyridine rings is 2. The van der Waals surface area contributed by atoms with E-state index in [0.29, 0.717) is 40.6 Å². The van der Waals surface area contributed by atoms with Gasteiger partial charge in [-0.25, -0.2) is 22.8 Å². The highest BCUT2D eigenvalue weighted by molar-refractivity contribution is 6.31. The van der Waals surface area contributed by atoms with E-state index in [1.165, 1.54) is 24.4 Å². The average Bonchev–Trinajstić information content (AvgIpc) is 3.71. The minimum absolute atomic E-state index is 0.219. The van der Waals surface area contributed by atoms with Gasteiger partial charge in [-0.05, 0) is 89.5 Å². The molecule has 4 heterocycles. The Balaban J connectivity index is 1.04. The highest BCUT2D eigenvalue weighted by Gasteiger charge is 2.57. The molecule has 0 aliphatic carbocycles. The molecule has 3 aromatic heterocycles. The summed E-state index contributed by atoms with van der Waals surface area (Å²) in [4.78, 5) is 11.8. The van der Waals surface area contributed by atoms with Crippen LogP contribution in [0.1, 0.15) is 22.4 Å². The van der Waals surface area contributed by atoms with E-state index < -0.39 is 41.0 Å². The van der Waals surface area contributed by atoms with Crippen LogP contribution in [0.3, 0.4) is 0 Å². The van der Waals surface area contributed by atoms with Crippen LogP contribution in [0, 0.1) is 22.9 Å². The van der Waals surface area contributed by atoms with E-state index >= 15 is 8.78 Å². The SMILES string of the molecule is N=C(/C(=C1/C=CC(CNc2ccc(-c3ccc(C(F)(F)C(O)(Cn4cncn4)c4ccc(F)cc4F)nc3)cc2)=CN1)c1ccncc1)c1ccc(F)cc1. The molecular formula is C41H31F5N8O. The van der Waals surface area contributed by atoms with Gasteiger partial charge in [0.1, 0.15) is 35.8 Å². The normalized spacial score (nSPS) is 14.8. The molecule has 0 spiro atoms. The minimum atomic E-state index is -4.15. The maximum atomic E-state index is 16.2. The number of aromatic nitrogens is 5. The Hall–Kier alpha value is -6.80. The number of dihydropyridines is 1. The van der Waals surface area contributed by atoms with Crippen LogP contribution in [-0.2, 0) is 18.1 Å². The smallest absolute Gasteiger partial charge is 0.323 e. The second-order valence-corrected chi connectivity index (χ2v) is 12.6. The van der Waals surface area contributed by atoms with Gasteiger partial charge in [0.2, 0.25) is 0 Å². The number of anilines is 1. The fourth-order valence-electron chi connectivity index (χ4n) is 6.11. The van der Waals surface area contributed by atoms with Crippen molar-refractivity contribution in [2.75, 3.05) is 11.9 Å². The molecule has 0 amide bonds. The van der Waals surface area contributed by atoms with Gasteiger partial charge in [0.15, 0.2) is 5.60 Å². The number of rotatable bonds is 12. The summed E-state index contributed by atoms with van der Waals surface area (Å²) in [5.41, 5.74) is 0.893. The van der Waals surface area contributed by atoms with Crippen molar-refractivity contribution in [3.8, 4) is 11.1 Å². The number of benzene rings is 3. The number of nitrogens with one attached hydrogen (secondary N) is 3. The van der Waals surface area contributed by atoms with Gasteiger partial charge in [-0.1, -0.05) is 24.3 Å². The van der Waals surface area contributed by atoms with Crippen molar-refractivity contribution in [1.29, 1.82) is 5.41 Å². The van der Waals surface area contributed by atoms with Gasteiger partial charge < -0.3 is 15.7 Å². The van der Waals surface area contributed by atoms with Crippen LogP contribution < -0.4 is 10.6 Å². The average molecular weight is 747 g/mol. The molecule has 0 saturated carbocycles. The van der Waals surface area contributed by atoms with Gasteiger partial charge in [-0.15, -0.1) is 0 Å². The molecule has 4 N–H and O–H groups in total. The molecule has 6 aromatic rings. The monoisotopic (exact) mass is 746 g/mol. The molecule has 276 valence electrons. The summed E-state index contributed by atoms with van der Waals surface area (Å²) < 4.78 is 75.4. The third-order valence-corrected chi connectivity index (χ3v) is 9.05. The zero-order valence-electron chi connectivity index (χ0n) is 28.8. The van der Waals surface area contributed by atoms with Gasteiger partial charge in [0.25, 0.3) is 0 Å². The van der Waals surface area contributed by atoms with E-state index in [0.717, 1.165) is 52.4 Å². The Labute approximate surface area is 311 Å². The zero-order chi connectivity index (χ0) is 38.6. The Morgan fingerprint density at radius 3 is 2.18 bits per heavy atom. The number of hydrogen-bond acceptors (Lipinski definition) is 8. The maximum absolute atomic E-state index is 16.2. The summed E-state index contributed by atoms with van der Waals surface area (Å²) in [6.45, 7) is -0.441. The first-order chi connectivity index (χ1) is 26.5. The highest BCUT2D eigenvalue weighted by Crippen LogP contribution is 2.47. The first kappa shape index (κ1) is 36.6. The zero-order valence-corrected chi connectivity index (χ0v) is 28.8. The van der Waals surface area contributed by atoms with Crippen molar-refractivity contribution in [2.45, 2.75) is 18.1 Å². The fourth-order valence-corrected chi connectivity index (χ4v) is 6.11. The van der Waals surface area contributed by atoms with Crippen molar-refractivity contribution < 1.29 is 27.1 Å². The molecule has 1 atom stereocenters. The van der Waals surface area contributed by atoms with Gasteiger partial charge in [0.05, 0.1) is 12.3 Å². The fraction of sp³-hybridized carbons (Fsp3) is 0.0976. The molecule has 9 nitrogen and oxygen atoms in total. The molecule has 1 aliphatic rings. The number of nitrogens with zero attached hydrogens (tertiary/aromatic N) is 5. The standard InChI is InChI=1S/C41H31F5N8O/c42-31-7-2-29(3-8-31)39(47)38(28-15-17-48-18-16-28)36-13-1-26(21-51-36)20-50-33-10-4-27(5-11-33)30-6-14-37(52-22-30)41(45,46)40(55,23-54-25-49-24-53-54)34-12-9-32(43)19-35(34)44/h1-19,21-22,24-25,47,50-51,55H,20,23H2/b38-36-,47-39?. The molecule has 7 rings (SSSR count). The highest BCUT2D eigenvalue weighted by atomic mass is 19.3. The number of aliphatic hydroxyl groups is 1. The van der Waals surface area contributed by atoms with Gasteiger partial charge in [0, 0.05) is 71.0 Å². The number of halogens is 5. The summed E-state index contributed by atoms with van der Waals surface area (Å²) in [6.07, 6.45) is 12.3. The Morgan fingerprint density at radius 2 is 1.55 bits per heavy atom. The van der Waals surface area contributed by atoms with Crippen molar-refractivity contribution in [3.05, 3.63) is 192 Å². The molecule has 1 aliphatic heterocycles. The molecule has 0 radical (unpaired) electrons. The third-order valence-electron chi connectivity index (χ3n) is 9.05. The van der Waals surface area contributed by atoms with E-state index in [1.807, 2.05) is 30.5 Å². The Kier molecular flexibility index (Phi) is 10.2. The summed E-state index contributed by atoms with van der Waals surface area (Å²) in [6, 6.07) is 21.1. The summed E-state index contributed by atoms with van der Waals surface area (Å²) in [7, 11) is 0. The molecule has 1 unspecified atom stereocenters. The van der Waals surface area contributed by atoms with Crippen LogP contribution in [0.2, 0.25) is 0 Å². The van der Waals surface area contributed by atoms with Crippen LogP contribution >= 0.6 is 0 Å². The number of hydrogen-bond donors (Lipinski definition) is 4. The van der Waals surface area contributed by atoms with Crippen LogP contribution in [0.25, 0.3) is 16.7 Å². The predicted octanol–water partition coefficient (Wildman–Crippen LogP) is 7.77. The van der Waals surface area contributed by atoms with E-state index in [4.69, 9.17) is 5.41 Å². The van der Waals surface area contributed by atoms with E-state index in [2.05, 4.69) is 30.7 Å². The first-order valence-electron chi connectivity index (χ1n) is 16.8. The number of allylic oxidation sites excluding steroid dienone is 2. The largest absolute Gasteiger partial charge is 0.381 e. The molecule has 0 bridgehead atoms. The third kappa shape index (κ3) is 7.66.